The number of nitrogens with zero attached hydrogens (tertiary/aromatic N) is 3. The van der Waals surface area contributed by atoms with Crippen LogP contribution in [-0.4, -0.2) is 21.5 Å². The lowest BCUT2D eigenvalue weighted by Gasteiger charge is -2.25. The molecule has 0 radical (unpaired) electrons. The maximum atomic E-state index is 5.78. The quantitative estimate of drug-likeness (QED) is 0.859. The number of nitrogens with two attached hydrogens (primary N) is 1. The Morgan fingerprint density at radius 3 is 2.80 bits per heavy atom. The molecule has 0 fully saturated rings. The molecule has 1 aliphatic heterocycles. The fourth-order valence-electron chi connectivity index (χ4n) is 2.61. The Labute approximate surface area is 123 Å². The number of aryl methyl sites for hydroxylation is 1. The second-order valence-electron chi connectivity index (χ2n) is 4.83. The summed E-state index contributed by atoms with van der Waals surface area (Å²) in [7, 11) is 0. The van der Waals surface area contributed by atoms with Gasteiger partial charge in [-0.3, -0.25) is 0 Å². The third-order valence-electron chi connectivity index (χ3n) is 3.53. The first-order chi connectivity index (χ1) is 9.77. The number of benzene rings is 1. The maximum absolute atomic E-state index is 5.78. The van der Waals surface area contributed by atoms with Gasteiger partial charge >= 0.3 is 0 Å². The summed E-state index contributed by atoms with van der Waals surface area (Å²) < 4.78 is 0. The highest BCUT2D eigenvalue weighted by atomic mass is 32.1. The van der Waals surface area contributed by atoms with Crippen molar-refractivity contribution in [3.8, 4) is 0 Å². The minimum absolute atomic E-state index is 0.287. The minimum atomic E-state index is 0.287. The van der Waals surface area contributed by atoms with Crippen molar-refractivity contribution in [1.82, 2.24) is 9.97 Å². The summed E-state index contributed by atoms with van der Waals surface area (Å²) >= 11 is 5.10. The average molecular weight is 284 g/mol. The third kappa shape index (κ3) is 2.36. The van der Waals surface area contributed by atoms with E-state index < -0.39 is 0 Å². The van der Waals surface area contributed by atoms with E-state index in [1.807, 2.05) is 6.07 Å². The zero-order valence-corrected chi connectivity index (χ0v) is 11.9. The number of fused-ring (bicyclic) bond motifs is 1. The first kappa shape index (κ1) is 13.0. The molecule has 1 aromatic heterocycles. The van der Waals surface area contributed by atoms with Crippen molar-refractivity contribution in [3.05, 3.63) is 47.9 Å². The molecule has 1 aromatic carbocycles. The van der Waals surface area contributed by atoms with Gasteiger partial charge in [0, 0.05) is 24.6 Å². The standard InChI is InChI=1S/C15H16N4S/c16-14(20)13-15(18-9-8-17-13)19-10-4-3-6-11-5-1-2-7-12(11)19/h1-2,5,7-9H,3-4,6,10H2,(H2,16,20). The Kier molecular flexibility index (Phi) is 3.60. The van der Waals surface area contributed by atoms with Gasteiger partial charge in [-0.05, 0) is 30.9 Å². The number of anilines is 2. The van der Waals surface area contributed by atoms with Crippen LogP contribution in [0, 0.1) is 0 Å². The van der Waals surface area contributed by atoms with Gasteiger partial charge in [0.1, 0.15) is 10.7 Å². The molecule has 2 N–H and O–H groups in total. The number of thiocarbonyl (C=S) groups is 1. The molecule has 0 bridgehead atoms. The number of rotatable bonds is 2. The zero-order chi connectivity index (χ0) is 13.9. The van der Waals surface area contributed by atoms with Gasteiger partial charge in [-0.1, -0.05) is 30.4 Å². The van der Waals surface area contributed by atoms with E-state index in [2.05, 4.69) is 33.1 Å². The molecular weight excluding hydrogens is 268 g/mol. The van der Waals surface area contributed by atoms with E-state index in [0.717, 1.165) is 25.2 Å². The molecule has 0 saturated heterocycles. The van der Waals surface area contributed by atoms with Crippen molar-refractivity contribution in [3.63, 3.8) is 0 Å². The van der Waals surface area contributed by atoms with Crippen LogP contribution in [0.5, 0.6) is 0 Å². The molecule has 2 heterocycles. The zero-order valence-electron chi connectivity index (χ0n) is 11.1. The average Bonchev–Trinajstić information content (AvgIpc) is 2.69. The molecule has 0 spiro atoms. The Hall–Kier alpha value is -2.01. The molecule has 0 atom stereocenters. The fourth-order valence-corrected chi connectivity index (χ4v) is 2.76. The number of hydrogen-bond acceptors (Lipinski definition) is 4. The highest BCUT2D eigenvalue weighted by Crippen LogP contribution is 2.32. The van der Waals surface area contributed by atoms with Gasteiger partial charge in [0.15, 0.2) is 5.82 Å². The molecule has 0 unspecified atom stereocenters. The Bertz CT molecular complexity index is 641. The molecule has 2 aromatic rings. The Balaban J connectivity index is 2.13. The van der Waals surface area contributed by atoms with Gasteiger partial charge in [0.05, 0.1) is 0 Å². The molecule has 102 valence electrons. The molecule has 0 aliphatic carbocycles. The summed E-state index contributed by atoms with van der Waals surface area (Å²) in [4.78, 5) is 11.2. The van der Waals surface area contributed by atoms with Gasteiger partial charge in [-0.25, -0.2) is 9.97 Å². The van der Waals surface area contributed by atoms with Crippen molar-refractivity contribution < 1.29 is 0 Å². The molecule has 1 aliphatic rings. The monoisotopic (exact) mass is 284 g/mol. The van der Waals surface area contributed by atoms with Gasteiger partial charge in [0.2, 0.25) is 0 Å². The van der Waals surface area contributed by atoms with Crippen LogP contribution in [0.1, 0.15) is 24.1 Å². The van der Waals surface area contributed by atoms with E-state index >= 15 is 0 Å². The van der Waals surface area contributed by atoms with Crippen LogP contribution >= 0.6 is 12.2 Å². The lowest BCUT2D eigenvalue weighted by molar-refractivity contribution is 0.756. The predicted molar refractivity (Wildman–Crippen MR) is 84.3 cm³/mol. The molecule has 4 nitrogen and oxygen atoms in total. The van der Waals surface area contributed by atoms with E-state index in [-0.39, 0.29) is 4.99 Å². The minimum Gasteiger partial charge on any atom is -0.388 e. The Morgan fingerprint density at radius 2 is 1.95 bits per heavy atom. The topological polar surface area (TPSA) is 55.0 Å². The molecular formula is C15H16N4S. The Morgan fingerprint density at radius 1 is 1.15 bits per heavy atom. The first-order valence-corrected chi connectivity index (χ1v) is 7.14. The summed E-state index contributed by atoms with van der Waals surface area (Å²) in [5, 5.41) is 0. The van der Waals surface area contributed by atoms with Crippen molar-refractivity contribution in [2.75, 3.05) is 11.4 Å². The van der Waals surface area contributed by atoms with Crippen LogP contribution in [0.25, 0.3) is 0 Å². The van der Waals surface area contributed by atoms with Gasteiger partial charge in [-0.2, -0.15) is 0 Å². The normalized spacial score (nSPS) is 14.5. The number of aromatic nitrogens is 2. The van der Waals surface area contributed by atoms with Crippen molar-refractivity contribution >= 4 is 28.7 Å². The first-order valence-electron chi connectivity index (χ1n) is 6.73. The van der Waals surface area contributed by atoms with Crippen LogP contribution in [0.2, 0.25) is 0 Å². The van der Waals surface area contributed by atoms with Crippen molar-refractivity contribution in [2.24, 2.45) is 5.73 Å². The van der Waals surface area contributed by atoms with Crippen molar-refractivity contribution in [2.45, 2.75) is 19.3 Å². The van der Waals surface area contributed by atoms with Crippen LogP contribution in [0.15, 0.2) is 36.7 Å². The number of para-hydroxylation sites is 1. The van der Waals surface area contributed by atoms with Gasteiger partial charge in [0.25, 0.3) is 0 Å². The second-order valence-corrected chi connectivity index (χ2v) is 5.27. The fraction of sp³-hybridized carbons (Fsp3) is 0.267. The molecule has 20 heavy (non-hydrogen) atoms. The van der Waals surface area contributed by atoms with E-state index in [1.165, 1.54) is 17.7 Å². The van der Waals surface area contributed by atoms with Crippen LogP contribution < -0.4 is 10.6 Å². The molecule has 3 rings (SSSR count). The largest absolute Gasteiger partial charge is 0.388 e. The second kappa shape index (κ2) is 5.54. The van der Waals surface area contributed by atoms with E-state index in [1.54, 1.807) is 12.4 Å². The van der Waals surface area contributed by atoms with Crippen molar-refractivity contribution in [1.29, 1.82) is 0 Å². The summed E-state index contributed by atoms with van der Waals surface area (Å²) in [5.41, 5.74) is 8.90. The van der Waals surface area contributed by atoms with Gasteiger partial charge in [-0.15, -0.1) is 0 Å². The summed E-state index contributed by atoms with van der Waals surface area (Å²) in [6, 6.07) is 8.42. The van der Waals surface area contributed by atoms with Crippen LogP contribution in [-0.2, 0) is 6.42 Å². The molecule has 5 heteroatoms. The SMILES string of the molecule is NC(=S)c1nccnc1N1CCCCc2ccccc21. The molecule has 0 amide bonds. The van der Waals surface area contributed by atoms with Crippen LogP contribution in [0.3, 0.4) is 0 Å². The third-order valence-corrected chi connectivity index (χ3v) is 3.72. The van der Waals surface area contributed by atoms with E-state index in [0.29, 0.717) is 5.69 Å². The van der Waals surface area contributed by atoms with E-state index in [4.69, 9.17) is 18.0 Å². The highest BCUT2D eigenvalue weighted by Gasteiger charge is 2.21. The van der Waals surface area contributed by atoms with Crippen LogP contribution in [0.4, 0.5) is 11.5 Å². The summed E-state index contributed by atoms with van der Waals surface area (Å²) in [6.45, 7) is 0.908. The predicted octanol–water partition coefficient (Wildman–Crippen LogP) is 2.59. The highest BCUT2D eigenvalue weighted by molar-refractivity contribution is 7.80. The van der Waals surface area contributed by atoms with E-state index in [9.17, 15) is 0 Å². The maximum Gasteiger partial charge on any atom is 0.162 e. The smallest absolute Gasteiger partial charge is 0.162 e. The summed E-state index contributed by atoms with van der Waals surface area (Å²) in [5.74, 6) is 0.759. The molecule has 0 saturated carbocycles. The van der Waals surface area contributed by atoms with Gasteiger partial charge < -0.3 is 10.6 Å². The lowest BCUT2D eigenvalue weighted by atomic mass is 10.1. The number of hydrogen-bond donors (Lipinski definition) is 1. The lowest BCUT2D eigenvalue weighted by Crippen LogP contribution is -2.24. The summed E-state index contributed by atoms with van der Waals surface area (Å²) in [6.07, 6.45) is 6.69.